The summed E-state index contributed by atoms with van der Waals surface area (Å²) in [5.74, 6) is 2.23. The van der Waals surface area contributed by atoms with Gasteiger partial charge in [-0.15, -0.1) is 0 Å². The topological polar surface area (TPSA) is 103 Å². The molecule has 0 atom stereocenters. The Morgan fingerprint density at radius 2 is 1.87 bits per heavy atom. The number of nitrogens with one attached hydrogen (secondary N) is 2. The number of carbonyl (C=O) groups is 2. The summed E-state index contributed by atoms with van der Waals surface area (Å²) in [6, 6.07) is 5.74. The van der Waals surface area contributed by atoms with Crippen LogP contribution in [0.4, 0.5) is 23.1 Å². The Morgan fingerprint density at radius 1 is 1.11 bits per heavy atom. The first-order chi connectivity index (χ1) is 18.4. The number of hydrogen-bond acceptors (Lipinski definition) is 8. The molecule has 0 unspecified atom stereocenters. The minimum atomic E-state index is -0.102. The van der Waals surface area contributed by atoms with Crippen LogP contribution in [0.3, 0.4) is 0 Å². The van der Waals surface area contributed by atoms with Crippen molar-refractivity contribution in [2.45, 2.75) is 51.0 Å². The first-order valence-corrected chi connectivity index (χ1v) is 13.7. The third kappa shape index (κ3) is 5.70. The minimum Gasteiger partial charge on any atom is -0.495 e. The van der Waals surface area contributed by atoms with Crippen molar-refractivity contribution < 1.29 is 14.3 Å². The molecule has 1 aromatic carbocycles. The number of amides is 2. The number of anilines is 4. The van der Waals surface area contributed by atoms with E-state index in [4.69, 9.17) is 9.72 Å². The van der Waals surface area contributed by atoms with Gasteiger partial charge in [0.25, 0.3) is 5.91 Å². The van der Waals surface area contributed by atoms with Gasteiger partial charge in [0.15, 0.2) is 5.82 Å². The van der Waals surface area contributed by atoms with Gasteiger partial charge in [-0.2, -0.15) is 4.98 Å². The number of carbonyl (C=O) groups excluding carboxylic acids is 2. The van der Waals surface area contributed by atoms with E-state index in [0.717, 1.165) is 50.3 Å². The van der Waals surface area contributed by atoms with Crippen molar-refractivity contribution in [3.63, 3.8) is 0 Å². The van der Waals surface area contributed by atoms with Gasteiger partial charge in [-0.05, 0) is 69.9 Å². The lowest BCUT2D eigenvalue weighted by Gasteiger charge is -2.30. The van der Waals surface area contributed by atoms with Crippen LogP contribution < -0.4 is 25.2 Å². The van der Waals surface area contributed by atoms with E-state index >= 15 is 0 Å². The molecule has 2 fully saturated rings. The van der Waals surface area contributed by atoms with E-state index in [0.29, 0.717) is 54.4 Å². The third-order valence-corrected chi connectivity index (χ3v) is 8.19. The molecule has 0 spiro atoms. The van der Waals surface area contributed by atoms with Crippen molar-refractivity contribution >= 4 is 35.0 Å². The van der Waals surface area contributed by atoms with Crippen LogP contribution in [0.2, 0.25) is 0 Å². The summed E-state index contributed by atoms with van der Waals surface area (Å²) in [7, 11) is 5.51. The monoisotopic (exact) mass is 521 g/mol. The van der Waals surface area contributed by atoms with Gasteiger partial charge in [-0.25, -0.2) is 4.98 Å². The number of hydrogen-bond donors (Lipinski definition) is 2. The fraction of sp³-hybridized carbons (Fsp3) is 0.571. The van der Waals surface area contributed by atoms with Crippen molar-refractivity contribution in [2.24, 2.45) is 5.92 Å². The molecule has 3 heterocycles. The van der Waals surface area contributed by atoms with E-state index < -0.39 is 0 Å². The normalized spacial score (nSPS) is 19.3. The molecule has 1 saturated heterocycles. The van der Waals surface area contributed by atoms with E-state index in [1.165, 1.54) is 12.8 Å². The predicted octanol–water partition coefficient (Wildman–Crippen LogP) is 3.42. The zero-order chi connectivity index (χ0) is 26.6. The van der Waals surface area contributed by atoms with Crippen molar-refractivity contribution in [1.82, 2.24) is 20.2 Å². The number of nitrogens with zero attached hydrogens (tertiary/aromatic N) is 5. The summed E-state index contributed by atoms with van der Waals surface area (Å²) in [6.07, 6.45) is 9.00. The molecule has 204 valence electrons. The number of fused-ring (bicyclic) bond motifs is 1. The quantitative estimate of drug-likeness (QED) is 0.572. The molecule has 10 heteroatoms. The number of likely N-dealkylation sites (tertiary alicyclic amines) is 1. The minimum absolute atomic E-state index is 0.0717. The first kappa shape index (κ1) is 26.2. The van der Waals surface area contributed by atoms with Crippen molar-refractivity contribution in [3.05, 3.63) is 30.0 Å². The number of methoxy groups -OCH3 is 1. The molecule has 2 aliphatic heterocycles. The van der Waals surface area contributed by atoms with Gasteiger partial charge < -0.3 is 30.1 Å². The Bertz CT molecular complexity index is 1160. The molecule has 5 rings (SSSR count). The third-order valence-electron chi connectivity index (χ3n) is 8.19. The molecule has 1 saturated carbocycles. The lowest BCUT2D eigenvalue weighted by molar-refractivity contribution is -0.118. The molecule has 10 nitrogen and oxygen atoms in total. The summed E-state index contributed by atoms with van der Waals surface area (Å²) < 4.78 is 5.61. The number of rotatable bonds is 7. The van der Waals surface area contributed by atoms with Gasteiger partial charge in [0.05, 0.1) is 19.0 Å². The smallest absolute Gasteiger partial charge is 0.251 e. The first-order valence-electron chi connectivity index (χ1n) is 13.7. The maximum Gasteiger partial charge on any atom is 0.251 e. The van der Waals surface area contributed by atoms with Gasteiger partial charge >= 0.3 is 0 Å². The second kappa shape index (κ2) is 11.6. The zero-order valence-corrected chi connectivity index (χ0v) is 22.7. The Kier molecular flexibility index (Phi) is 7.97. The number of aromatic nitrogens is 2. The number of benzene rings is 1. The van der Waals surface area contributed by atoms with Crippen LogP contribution in [0.25, 0.3) is 0 Å². The summed E-state index contributed by atoms with van der Waals surface area (Å²) in [6.45, 7) is 3.49. The fourth-order valence-electron chi connectivity index (χ4n) is 5.73. The number of ether oxygens (including phenoxy) is 1. The highest BCUT2D eigenvalue weighted by atomic mass is 16.5. The highest BCUT2D eigenvalue weighted by Crippen LogP contribution is 2.37. The maximum atomic E-state index is 12.8. The van der Waals surface area contributed by atoms with Crippen molar-refractivity contribution in [2.75, 3.05) is 62.5 Å². The lowest BCUT2D eigenvalue weighted by Crippen LogP contribution is -2.36. The molecule has 1 aromatic heterocycles. The predicted molar refractivity (Wildman–Crippen MR) is 148 cm³/mol. The molecular weight excluding hydrogens is 482 g/mol. The van der Waals surface area contributed by atoms with Crippen LogP contribution in [-0.4, -0.2) is 80.1 Å². The molecule has 0 radical (unpaired) electrons. The molecule has 2 amide bonds. The fourth-order valence-corrected chi connectivity index (χ4v) is 5.73. The standard InChI is InChI=1S/C28H39N7O3/c1-33-13-10-19(11-14-33)17-29-27(37)20-8-9-22(24(16-20)38-3)31-28-30-18-23-26(32-28)35(21-6-4-5-7-21)15-12-25(36)34(23)2/h8-9,16,18-19,21H,4-7,10-15,17H2,1-3H3,(H,29,37)(H,30,31,32). The lowest BCUT2D eigenvalue weighted by atomic mass is 9.97. The van der Waals surface area contributed by atoms with Crippen LogP contribution >= 0.6 is 0 Å². The Morgan fingerprint density at radius 3 is 2.61 bits per heavy atom. The van der Waals surface area contributed by atoms with Crippen LogP contribution in [0.1, 0.15) is 55.3 Å². The largest absolute Gasteiger partial charge is 0.495 e. The Labute approximate surface area is 224 Å². The Hall–Kier alpha value is -3.40. The van der Waals surface area contributed by atoms with Crippen LogP contribution in [0, 0.1) is 5.92 Å². The summed E-state index contributed by atoms with van der Waals surface area (Å²) in [5.41, 5.74) is 1.95. The van der Waals surface area contributed by atoms with E-state index in [2.05, 4.69) is 32.5 Å². The molecule has 2 N–H and O–H groups in total. The second-order valence-electron chi connectivity index (χ2n) is 10.7. The van der Waals surface area contributed by atoms with Crippen molar-refractivity contribution in [1.29, 1.82) is 0 Å². The van der Waals surface area contributed by atoms with Gasteiger partial charge in [0, 0.05) is 38.2 Å². The average Bonchev–Trinajstić information content (AvgIpc) is 3.43. The average molecular weight is 522 g/mol. The van der Waals surface area contributed by atoms with Crippen LogP contribution in [0.5, 0.6) is 5.75 Å². The zero-order valence-electron chi connectivity index (χ0n) is 22.7. The molecule has 38 heavy (non-hydrogen) atoms. The van der Waals surface area contributed by atoms with E-state index in [9.17, 15) is 9.59 Å². The van der Waals surface area contributed by atoms with Gasteiger partial charge in [0.2, 0.25) is 11.9 Å². The summed E-state index contributed by atoms with van der Waals surface area (Å²) in [4.78, 5) is 41.1. The molecule has 3 aliphatic rings. The molecule has 2 aromatic rings. The SMILES string of the molecule is COc1cc(C(=O)NCC2CCN(C)CC2)ccc1Nc1ncc2c(n1)N(C1CCCC1)CCC(=O)N2C. The summed E-state index contributed by atoms with van der Waals surface area (Å²) in [5, 5.41) is 6.36. The van der Waals surface area contributed by atoms with Gasteiger partial charge in [-0.1, -0.05) is 12.8 Å². The van der Waals surface area contributed by atoms with Crippen molar-refractivity contribution in [3.8, 4) is 5.75 Å². The van der Waals surface area contributed by atoms with E-state index in [1.54, 1.807) is 37.4 Å². The maximum absolute atomic E-state index is 12.8. The van der Waals surface area contributed by atoms with Gasteiger partial charge in [0.1, 0.15) is 11.4 Å². The van der Waals surface area contributed by atoms with Crippen LogP contribution in [-0.2, 0) is 4.79 Å². The second-order valence-corrected chi connectivity index (χ2v) is 10.7. The highest BCUT2D eigenvalue weighted by Gasteiger charge is 2.31. The molecular formula is C28H39N7O3. The number of piperidine rings is 1. The Balaban J connectivity index is 1.32. The highest BCUT2D eigenvalue weighted by molar-refractivity contribution is 5.97. The van der Waals surface area contributed by atoms with Crippen LogP contribution in [0.15, 0.2) is 24.4 Å². The van der Waals surface area contributed by atoms with Gasteiger partial charge in [-0.3, -0.25) is 9.59 Å². The van der Waals surface area contributed by atoms with E-state index in [1.807, 2.05) is 6.07 Å². The summed E-state index contributed by atoms with van der Waals surface area (Å²) >= 11 is 0. The molecule has 0 bridgehead atoms. The van der Waals surface area contributed by atoms with E-state index in [-0.39, 0.29) is 11.8 Å². The molecule has 1 aliphatic carbocycles.